The Kier molecular flexibility index (Phi) is 3.44. The summed E-state index contributed by atoms with van der Waals surface area (Å²) < 4.78 is 5.00. The minimum absolute atomic E-state index is 0.0327. The van der Waals surface area contributed by atoms with Crippen LogP contribution in [0.5, 0.6) is 0 Å². The van der Waals surface area contributed by atoms with Gasteiger partial charge in [-0.15, -0.1) is 0 Å². The molecule has 4 fully saturated rings. The molecule has 0 radical (unpaired) electrons. The first-order chi connectivity index (χ1) is 12.8. The molecule has 27 heavy (non-hydrogen) atoms. The first kappa shape index (κ1) is 17.0. The highest BCUT2D eigenvalue weighted by Gasteiger charge is 2.60. The van der Waals surface area contributed by atoms with Gasteiger partial charge in [-0.25, -0.2) is 4.79 Å². The zero-order chi connectivity index (χ0) is 19.0. The Morgan fingerprint density at radius 2 is 1.96 bits per heavy atom. The van der Waals surface area contributed by atoms with Crippen molar-refractivity contribution in [2.75, 3.05) is 19.7 Å². The second kappa shape index (κ2) is 5.46. The molecule has 6 nitrogen and oxygen atoms in total. The van der Waals surface area contributed by atoms with Gasteiger partial charge in [0.25, 0.3) is 0 Å². The van der Waals surface area contributed by atoms with Gasteiger partial charge in [-0.05, 0) is 36.8 Å². The van der Waals surface area contributed by atoms with Crippen molar-refractivity contribution in [1.82, 2.24) is 15.2 Å². The van der Waals surface area contributed by atoms with Crippen molar-refractivity contribution in [3.63, 3.8) is 0 Å². The Bertz CT molecular complexity index is 797. The molecule has 2 aliphatic carbocycles. The van der Waals surface area contributed by atoms with Gasteiger partial charge in [0.15, 0.2) is 0 Å². The number of ether oxygens (including phenoxy) is 1. The Morgan fingerprint density at radius 3 is 2.56 bits per heavy atom. The van der Waals surface area contributed by atoms with Gasteiger partial charge in [0.1, 0.15) is 6.61 Å². The number of aromatic nitrogens is 1. The minimum atomic E-state index is -0.351. The van der Waals surface area contributed by atoms with E-state index in [2.05, 4.69) is 44.3 Å². The highest BCUT2D eigenvalue weighted by atomic mass is 16.6. The molecule has 1 aromatic heterocycles. The first-order valence-corrected chi connectivity index (χ1v) is 9.97. The molecular formula is C21H27N3O3. The Balaban J connectivity index is 1.18. The molecule has 2 saturated heterocycles. The summed E-state index contributed by atoms with van der Waals surface area (Å²) in [5.41, 5.74) is 2.11. The fraction of sp³-hybridized carbons (Fsp3) is 0.667. The molecule has 2 saturated carbocycles. The van der Waals surface area contributed by atoms with E-state index < -0.39 is 0 Å². The van der Waals surface area contributed by atoms with Crippen molar-refractivity contribution >= 4 is 12.0 Å². The molecular weight excluding hydrogens is 342 g/mol. The van der Waals surface area contributed by atoms with Crippen molar-refractivity contribution in [2.45, 2.75) is 50.5 Å². The number of carbonyl (C=O) groups excluding carboxylic acids is 2. The second-order valence-corrected chi connectivity index (χ2v) is 9.88. The number of hydrogen-bond acceptors (Lipinski definition) is 4. The molecule has 5 rings (SSSR count). The first-order valence-electron chi connectivity index (χ1n) is 9.97. The highest BCUT2D eigenvalue weighted by Crippen LogP contribution is 2.58. The second-order valence-electron chi connectivity index (χ2n) is 9.88. The maximum Gasteiger partial charge on any atom is 0.407 e. The third kappa shape index (κ3) is 2.72. The molecule has 144 valence electrons. The monoisotopic (exact) mass is 369 g/mol. The third-order valence-corrected chi connectivity index (χ3v) is 6.86. The van der Waals surface area contributed by atoms with Crippen molar-refractivity contribution in [3.8, 4) is 0 Å². The van der Waals surface area contributed by atoms with Crippen molar-refractivity contribution in [2.24, 2.45) is 17.8 Å². The van der Waals surface area contributed by atoms with Crippen LogP contribution in [-0.4, -0.2) is 47.1 Å². The number of rotatable bonds is 2. The van der Waals surface area contributed by atoms with Crippen LogP contribution in [0.4, 0.5) is 4.79 Å². The van der Waals surface area contributed by atoms with Gasteiger partial charge in [0, 0.05) is 41.7 Å². The lowest BCUT2D eigenvalue weighted by Crippen LogP contribution is -2.58. The number of hydrogen-bond donors (Lipinski definition) is 1. The SMILES string of the molecule is CC(C)(C)c1cccc([C@@H]2[C@@H]3CN(C(=O)C4CC5(COC(=O)N5)C4)C[C@@H]32)n1. The minimum Gasteiger partial charge on any atom is -0.447 e. The predicted octanol–water partition coefficient (Wildman–Crippen LogP) is 2.44. The van der Waals surface area contributed by atoms with E-state index in [1.165, 1.54) is 5.69 Å². The lowest BCUT2D eigenvalue weighted by molar-refractivity contribution is -0.140. The van der Waals surface area contributed by atoms with Gasteiger partial charge in [0.05, 0.1) is 5.54 Å². The van der Waals surface area contributed by atoms with E-state index >= 15 is 0 Å². The number of piperidine rings is 1. The van der Waals surface area contributed by atoms with Crippen LogP contribution in [0.3, 0.4) is 0 Å². The third-order valence-electron chi connectivity index (χ3n) is 6.86. The lowest BCUT2D eigenvalue weighted by atomic mass is 9.68. The van der Waals surface area contributed by atoms with E-state index in [9.17, 15) is 9.59 Å². The van der Waals surface area contributed by atoms with Crippen molar-refractivity contribution in [1.29, 1.82) is 0 Å². The normalized spacial score (nSPS) is 36.9. The topological polar surface area (TPSA) is 71.5 Å². The number of likely N-dealkylation sites (tertiary alicyclic amines) is 1. The van der Waals surface area contributed by atoms with E-state index in [0.717, 1.165) is 18.8 Å². The molecule has 3 heterocycles. The van der Waals surface area contributed by atoms with Crippen LogP contribution < -0.4 is 5.32 Å². The zero-order valence-electron chi connectivity index (χ0n) is 16.2. The summed E-state index contributed by atoms with van der Waals surface area (Å²) in [6.45, 7) is 8.67. The maximum atomic E-state index is 12.8. The average molecular weight is 369 g/mol. The Hall–Kier alpha value is -2.11. The molecule has 2 amide bonds. The molecule has 0 bridgehead atoms. The molecule has 0 unspecified atom stereocenters. The number of pyridine rings is 1. The summed E-state index contributed by atoms with van der Waals surface area (Å²) in [5, 5.41) is 2.87. The molecule has 6 heteroatoms. The average Bonchev–Trinajstić information content (AvgIpc) is 2.93. The molecule has 1 spiro atoms. The molecule has 2 aliphatic heterocycles. The van der Waals surface area contributed by atoms with E-state index in [4.69, 9.17) is 9.72 Å². The summed E-state index contributed by atoms with van der Waals surface area (Å²) in [4.78, 5) is 31.0. The maximum absolute atomic E-state index is 12.8. The number of alkyl carbamates (subject to hydrolysis) is 1. The summed E-state index contributed by atoms with van der Waals surface area (Å²) in [5.74, 6) is 1.90. The van der Waals surface area contributed by atoms with E-state index in [0.29, 0.717) is 37.2 Å². The quantitative estimate of drug-likeness (QED) is 0.869. The number of carbonyl (C=O) groups is 2. The molecule has 4 aliphatic rings. The largest absolute Gasteiger partial charge is 0.447 e. The van der Waals surface area contributed by atoms with Gasteiger partial charge in [0.2, 0.25) is 5.91 Å². The van der Waals surface area contributed by atoms with Crippen LogP contribution in [0.15, 0.2) is 18.2 Å². The molecule has 1 N–H and O–H groups in total. The number of fused-ring (bicyclic) bond motifs is 1. The van der Waals surface area contributed by atoms with Gasteiger partial charge in [-0.3, -0.25) is 9.78 Å². The fourth-order valence-corrected chi connectivity index (χ4v) is 5.23. The van der Waals surface area contributed by atoms with Gasteiger partial charge < -0.3 is 15.0 Å². The van der Waals surface area contributed by atoms with Gasteiger partial charge in [-0.1, -0.05) is 26.8 Å². The number of amides is 2. The van der Waals surface area contributed by atoms with Crippen LogP contribution in [0.1, 0.15) is 50.9 Å². The van der Waals surface area contributed by atoms with E-state index in [-0.39, 0.29) is 28.9 Å². The van der Waals surface area contributed by atoms with E-state index in [1.807, 2.05) is 4.90 Å². The smallest absolute Gasteiger partial charge is 0.407 e. The predicted molar refractivity (Wildman–Crippen MR) is 99.2 cm³/mol. The van der Waals surface area contributed by atoms with Crippen molar-refractivity contribution in [3.05, 3.63) is 29.6 Å². The van der Waals surface area contributed by atoms with Gasteiger partial charge >= 0.3 is 6.09 Å². The summed E-state index contributed by atoms with van der Waals surface area (Å²) in [7, 11) is 0. The van der Waals surface area contributed by atoms with Crippen LogP contribution in [0, 0.1) is 17.8 Å². The van der Waals surface area contributed by atoms with Crippen molar-refractivity contribution < 1.29 is 14.3 Å². The van der Waals surface area contributed by atoms with Crippen LogP contribution in [-0.2, 0) is 14.9 Å². The molecule has 3 atom stereocenters. The highest BCUT2D eigenvalue weighted by molar-refractivity contribution is 5.82. The van der Waals surface area contributed by atoms with Gasteiger partial charge in [-0.2, -0.15) is 0 Å². The number of nitrogens with one attached hydrogen (secondary N) is 1. The zero-order valence-corrected chi connectivity index (χ0v) is 16.2. The Labute approximate surface area is 159 Å². The van der Waals surface area contributed by atoms with Crippen LogP contribution in [0.2, 0.25) is 0 Å². The molecule has 1 aromatic rings. The van der Waals surface area contributed by atoms with Crippen LogP contribution in [0.25, 0.3) is 0 Å². The standard InChI is InChI=1S/C21H27N3O3/c1-20(2,3)16-6-4-5-15(22-16)17-13-9-24(10-14(13)17)18(25)12-7-21(8-12)11-27-19(26)23-21/h4-6,12-14,17H,7-11H2,1-3H3,(H,23,26)/t12?,13-,14+,17-,21?. The summed E-state index contributed by atoms with van der Waals surface area (Å²) in [6.07, 6.45) is 1.07. The Morgan fingerprint density at radius 1 is 1.26 bits per heavy atom. The lowest BCUT2D eigenvalue weighted by Gasteiger charge is -2.43. The number of nitrogens with zero attached hydrogens (tertiary/aromatic N) is 2. The van der Waals surface area contributed by atoms with Crippen LogP contribution >= 0.6 is 0 Å². The summed E-state index contributed by atoms with van der Waals surface area (Å²) >= 11 is 0. The molecule has 0 aromatic carbocycles. The fourth-order valence-electron chi connectivity index (χ4n) is 5.23. The van der Waals surface area contributed by atoms with E-state index in [1.54, 1.807) is 0 Å². The number of cyclic esters (lactones) is 1. The summed E-state index contributed by atoms with van der Waals surface area (Å²) in [6, 6.07) is 6.37.